The number of aliphatic imine (C=N–C) groups is 1. The molecule has 2 aromatic rings. The zero-order valence-electron chi connectivity index (χ0n) is 12.0. The van der Waals surface area contributed by atoms with E-state index in [-0.39, 0.29) is 0 Å². The lowest BCUT2D eigenvalue weighted by atomic mass is 10.3. The molecule has 0 fully saturated rings. The Labute approximate surface area is 127 Å². The van der Waals surface area contributed by atoms with Gasteiger partial charge in [-0.1, -0.05) is 6.07 Å². The van der Waals surface area contributed by atoms with Gasteiger partial charge in [0.2, 0.25) is 0 Å². The number of nitrogens with two attached hydrogens (primary N) is 1. The van der Waals surface area contributed by atoms with Gasteiger partial charge in [0.25, 0.3) is 0 Å². The summed E-state index contributed by atoms with van der Waals surface area (Å²) in [6.07, 6.45) is 0. The van der Waals surface area contributed by atoms with Gasteiger partial charge < -0.3 is 21.1 Å². The Balaban J connectivity index is 2.05. The first kappa shape index (κ1) is 15.2. The number of nitrogens with zero attached hydrogens (tertiary/aromatic N) is 3. The molecule has 0 bridgehead atoms. The van der Waals surface area contributed by atoms with Crippen LogP contribution in [0.15, 0.2) is 28.6 Å². The highest BCUT2D eigenvalue weighted by atomic mass is 32.1. The summed E-state index contributed by atoms with van der Waals surface area (Å²) in [5, 5.41) is 8.56. The van der Waals surface area contributed by atoms with Crippen molar-refractivity contribution in [2.45, 2.75) is 0 Å². The van der Waals surface area contributed by atoms with Crippen molar-refractivity contribution in [3.8, 4) is 11.4 Å². The van der Waals surface area contributed by atoms with Crippen LogP contribution < -0.4 is 16.4 Å². The average Bonchev–Trinajstić information content (AvgIpc) is 2.96. The molecule has 0 spiro atoms. The molecule has 7 nitrogen and oxygen atoms in total. The fourth-order valence-corrected chi connectivity index (χ4v) is 2.28. The summed E-state index contributed by atoms with van der Waals surface area (Å²) < 4.78 is 4.91. The maximum Gasteiger partial charge on any atom is 0.195 e. The highest BCUT2D eigenvalue weighted by Crippen LogP contribution is 2.24. The smallest absolute Gasteiger partial charge is 0.195 e. The number of nitrogens with one attached hydrogen (secondary N) is 2. The quantitative estimate of drug-likeness (QED) is 0.426. The van der Waals surface area contributed by atoms with Gasteiger partial charge in [0.1, 0.15) is 11.5 Å². The molecule has 0 aromatic carbocycles. The van der Waals surface area contributed by atoms with Gasteiger partial charge in [-0.15, -0.1) is 11.3 Å². The standard InChI is InChI=1S/C13H18N6OS/c1-15-11-5-3-4-9(17-11)10-8-21-13(18-10)19-12(14)16-6-7-20-2/h3-5,8H,6-7H2,1-2H3,(H,15,17)(H3,14,16,18,19). The predicted molar refractivity (Wildman–Crippen MR) is 86.9 cm³/mol. The van der Waals surface area contributed by atoms with Gasteiger partial charge in [-0.3, -0.25) is 4.99 Å². The van der Waals surface area contributed by atoms with Crippen molar-refractivity contribution in [3.63, 3.8) is 0 Å². The molecule has 0 aliphatic carbocycles. The largest absolute Gasteiger partial charge is 0.383 e. The number of hydrogen-bond donors (Lipinski definition) is 3. The minimum atomic E-state index is 0.324. The molecular formula is C13H18N6OS. The van der Waals surface area contributed by atoms with E-state index in [9.17, 15) is 0 Å². The van der Waals surface area contributed by atoms with Crippen molar-refractivity contribution in [1.29, 1.82) is 0 Å². The van der Waals surface area contributed by atoms with Crippen LogP contribution >= 0.6 is 11.3 Å². The minimum Gasteiger partial charge on any atom is -0.383 e. The number of methoxy groups -OCH3 is 1. The third-order valence-electron chi connectivity index (χ3n) is 2.58. The number of ether oxygens (including phenoxy) is 1. The molecule has 112 valence electrons. The molecule has 0 aliphatic heterocycles. The van der Waals surface area contributed by atoms with Gasteiger partial charge in [-0.2, -0.15) is 0 Å². The normalized spacial score (nSPS) is 11.4. The molecule has 0 unspecified atom stereocenters. The Morgan fingerprint density at radius 3 is 3.00 bits per heavy atom. The molecule has 0 amide bonds. The van der Waals surface area contributed by atoms with Gasteiger partial charge in [0, 0.05) is 19.5 Å². The monoisotopic (exact) mass is 306 g/mol. The lowest BCUT2D eigenvalue weighted by Gasteiger charge is -2.02. The van der Waals surface area contributed by atoms with E-state index in [1.807, 2.05) is 30.6 Å². The van der Waals surface area contributed by atoms with Gasteiger partial charge >= 0.3 is 0 Å². The summed E-state index contributed by atoms with van der Waals surface area (Å²) in [6.45, 7) is 1.05. The van der Waals surface area contributed by atoms with Crippen LogP contribution in [0, 0.1) is 0 Å². The minimum absolute atomic E-state index is 0.324. The van der Waals surface area contributed by atoms with Crippen molar-refractivity contribution in [2.24, 2.45) is 10.7 Å². The number of thiazole rings is 1. The van der Waals surface area contributed by atoms with Crippen molar-refractivity contribution < 1.29 is 4.74 Å². The Bertz CT molecular complexity index is 612. The van der Waals surface area contributed by atoms with Crippen LogP contribution in [0.25, 0.3) is 11.4 Å². The third-order valence-corrected chi connectivity index (χ3v) is 3.34. The number of pyridine rings is 1. The molecule has 2 heterocycles. The molecule has 21 heavy (non-hydrogen) atoms. The second kappa shape index (κ2) is 7.55. The van der Waals surface area contributed by atoms with Gasteiger partial charge in [0.15, 0.2) is 11.1 Å². The zero-order chi connectivity index (χ0) is 15.1. The summed E-state index contributed by atoms with van der Waals surface area (Å²) in [4.78, 5) is 13.0. The molecule has 0 atom stereocenters. The van der Waals surface area contributed by atoms with E-state index in [1.54, 1.807) is 7.11 Å². The van der Waals surface area contributed by atoms with Crippen molar-refractivity contribution in [3.05, 3.63) is 23.6 Å². The van der Waals surface area contributed by atoms with Crippen LogP contribution in [-0.2, 0) is 4.74 Å². The molecule has 0 saturated heterocycles. The number of guanidine groups is 1. The average molecular weight is 306 g/mol. The SMILES string of the molecule is CNc1cccc(-c2csc(NC(N)=NCCOC)n2)n1. The van der Waals surface area contributed by atoms with Gasteiger partial charge in [0.05, 0.1) is 18.8 Å². The molecule has 8 heteroatoms. The first-order valence-electron chi connectivity index (χ1n) is 6.39. The maximum atomic E-state index is 5.76. The molecular weight excluding hydrogens is 288 g/mol. The highest BCUT2D eigenvalue weighted by Gasteiger charge is 2.07. The summed E-state index contributed by atoms with van der Waals surface area (Å²) in [5.74, 6) is 1.13. The first-order chi connectivity index (χ1) is 10.2. The van der Waals surface area contributed by atoms with E-state index < -0.39 is 0 Å². The van der Waals surface area contributed by atoms with Crippen LogP contribution in [0.1, 0.15) is 0 Å². The van der Waals surface area contributed by atoms with E-state index in [2.05, 4.69) is 25.6 Å². The summed E-state index contributed by atoms with van der Waals surface area (Å²) >= 11 is 1.45. The third kappa shape index (κ3) is 4.40. The number of anilines is 2. The summed E-state index contributed by atoms with van der Waals surface area (Å²) in [5.41, 5.74) is 7.37. The lowest BCUT2D eigenvalue weighted by Crippen LogP contribution is -2.23. The Morgan fingerprint density at radius 1 is 1.38 bits per heavy atom. The highest BCUT2D eigenvalue weighted by molar-refractivity contribution is 7.14. The molecule has 0 saturated carbocycles. The van der Waals surface area contributed by atoms with E-state index in [0.717, 1.165) is 17.2 Å². The van der Waals surface area contributed by atoms with Crippen molar-refractivity contribution in [2.75, 3.05) is 37.9 Å². The number of hydrogen-bond acceptors (Lipinski definition) is 6. The number of aromatic nitrogens is 2. The van der Waals surface area contributed by atoms with Gasteiger partial charge in [-0.05, 0) is 12.1 Å². The predicted octanol–water partition coefficient (Wildman–Crippen LogP) is 1.62. The first-order valence-corrected chi connectivity index (χ1v) is 7.27. The van der Waals surface area contributed by atoms with Crippen LogP contribution in [0.3, 0.4) is 0 Å². The van der Waals surface area contributed by atoms with E-state index in [4.69, 9.17) is 10.5 Å². The molecule has 2 aromatic heterocycles. The second-order valence-electron chi connectivity index (χ2n) is 4.08. The van der Waals surface area contributed by atoms with Crippen molar-refractivity contribution >= 4 is 28.2 Å². The molecule has 4 N–H and O–H groups in total. The molecule has 0 aliphatic rings. The van der Waals surface area contributed by atoms with E-state index >= 15 is 0 Å². The summed E-state index contributed by atoms with van der Waals surface area (Å²) in [7, 11) is 3.45. The summed E-state index contributed by atoms with van der Waals surface area (Å²) in [6, 6.07) is 5.74. The second-order valence-corrected chi connectivity index (χ2v) is 4.94. The number of rotatable bonds is 6. The van der Waals surface area contributed by atoms with Crippen LogP contribution in [0.4, 0.5) is 10.9 Å². The maximum absolute atomic E-state index is 5.76. The fourth-order valence-electron chi connectivity index (χ4n) is 1.57. The lowest BCUT2D eigenvalue weighted by molar-refractivity contribution is 0.208. The fraction of sp³-hybridized carbons (Fsp3) is 0.308. The van der Waals surface area contributed by atoms with Crippen LogP contribution in [0.2, 0.25) is 0 Å². The van der Waals surface area contributed by atoms with E-state index in [0.29, 0.717) is 24.2 Å². The van der Waals surface area contributed by atoms with Crippen molar-refractivity contribution in [1.82, 2.24) is 9.97 Å². The van der Waals surface area contributed by atoms with Crippen LogP contribution in [-0.4, -0.2) is 43.2 Å². The van der Waals surface area contributed by atoms with Gasteiger partial charge in [-0.25, -0.2) is 9.97 Å². The molecule has 0 radical (unpaired) electrons. The Kier molecular flexibility index (Phi) is 5.47. The topological polar surface area (TPSA) is 97.5 Å². The Morgan fingerprint density at radius 2 is 2.24 bits per heavy atom. The van der Waals surface area contributed by atoms with E-state index in [1.165, 1.54) is 11.3 Å². The molecule has 2 rings (SSSR count). The zero-order valence-corrected chi connectivity index (χ0v) is 12.8. The van der Waals surface area contributed by atoms with Crippen LogP contribution in [0.5, 0.6) is 0 Å². The Hall–Kier alpha value is -2.19.